The van der Waals surface area contributed by atoms with Crippen LogP contribution in [0.1, 0.15) is 354 Å². The van der Waals surface area contributed by atoms with Crippen molar-refractivity contribution in [3.63, 3.8) is 0 Å². The molecule has 732 valence electrons. The quantitative estimate of drug-likeness (QED) is 0.0351. The van der Waals surface area contributed by atoms with Gasteiger partial charge in [0.15, 0.2) is 34.9 Å². The van der Waals surface area contributed by atoms with Crippen molar-refractivity contribution in [2.75, 3.05) is 6.61 Å². The number of ether oxygens (including phenoxy) is 1. The van der Waals surface area contributed by atoms with E-state index in [4.69, 9.17) is 34.6 Å². The van der Waals surface area contributed by atoms with Crippen molar-refractivity contribution in [3.05, 3.63) is 334 Å². The van der Waals surface area contributed by atoms with E-state index in [0.717, 1.165) is 145 Å². The van der Waals surface area contributed by atoms with E-state index in [2.05, 4.69) is 374 Å². The Labute approximate surface area is 878 Å². The van der Waals surface area contributed by atoms with Gasteiger partial charge in [0.2, 0.25) is 0 Å². The molecule has 17 rings (SSSR count). The molecule has 141 heavy (non-hydrogen) atoms. The van der Waals surface area contributed by atoms with E-state index in [-0.39, 0.29) is 10.8 Å². The van der Waals surface area contributed by atoms with Gasteiger partial charge in [-0.25, -0.2) is 29.9 Å². The average molecular weight is 2130 g/mol. The van der Waals surface area contributed by atoms with Crippen molar-refractivity contribution in [2.45, 2.75) is 328 Å². The van der Waals surface area contributed by atoms with Gasteiger partial charge < -0.3 is 4.74 Å². The van der Waals surface area contributed by atoms with Crippen LogP contribution in [-0.2, 0) is 29.1 Å². The highest BCUT2D eigenvalue weighted by atomic mass is 79.9. The first-order valence-corrected chi connectivity index (χ1v) is 57.5. The summed E-state index contributed by atoms with van der Waals surface area (Å²) in [4.78, 5) is 32.4. The molecule has 0 fully saturated rings. The van der Waals surface area contributed by atoms with Gasteiger partial charge in [0.05, 0.1) is 12.0 Å². The van der Waals surface area contributed by atoms with E-state index in [0.29, 0.717) is 34.9 Å². The fraction of sp³-hybridized carbons (Fsp3) is 0.400. The zero-order chi connectivity index (χ0) is 97.9. The monoisotopic (exact) mass is 2120 g/mol. The fourth-order valence-electron chi connectivity index (χ4n) is 22.7. The van der Waals surface area contributed by atoms with Crippen molar-refractivity contribution in [1.82, 2.24) is 29.9 Å². The smallest absolute Gasteiger partial charge is 0.164 e. The van der Waals surface area contributed by atoms with E-state index < -0.39 is 5.41 Å². The number of halogens is 4. The molecule has 0 aliphatic heterocycles. The number of aryl methyl sites for hydroxylation is 3. The SMILES string of the molecule is CCCCCCCCC1(CCCCCCCC)c2cc(Br)ccc2-c2ccc(-c3nc(-c4ccc(CCCC)cc4)nc(-c4ccc(-c5ccc(-c6nc(-c7ccc(CCCC)cc7)nc(-c7ccc8c(c7)C(CCCCCCCC)(CCCCCCCC)c7cc(Br)ccc7-8)n6)cc5)cc4)n3)cc21.CCCCCCCCOc1ccc(C2(c3ccc(C)cc3)c3ccc(Br)cc3-c3cc(Br)ccc32)cc1. The Hall–Kier alpha value is -9.62. The van der Waals surface area contributed by atoms with E-state index in [1.165, 1.54) is 281 Å². The van der Waals surface area contributed by atoms with Crippen molar-refractivity contribution in [1.29, 1.82) is 0 Å². The summed E-state index contributed by atoms with van der Waals surface area (Å²) in [6, 6.07) is 95.1. The number of benzene rings is 12. The second-order valence-electron chi connectivity index (χ2n) is 40.6. The molecule has 0 unspecified atom stereocenters. The Kier molecular flexibility index (Phi) is 37.9. The third-order valence-electron chi connectivity index (χ3n) is 30.5. The van der Waals surface area contributed by atoms with Crippen molar-refractivity contribution >= 4 is 63.7 Å². The fourth-order valence-corrected chi connectivity index (χ4v) is 24.1. The second kappa shape index (κ2) is 51.2. The Morgan fingerprint density at radius 3 is 0.823 bits per heavy atom. The van der Waals surface area contributed by atoms with Crippen molar-refractivity contribution in [2.24, 2.45) is 0 Å². The van der Waals surface area contributed by atoms with Gasteiger partial charge in [-0.05, 0) is 238 Å². The van der Waals surface area contributed by atoms with E-state index >= 15 is 0 Å². The average Bonchev–Trinajstić information content (AvgIpc) is 1.54. The Bertz CT molecular complexity index is 6040. The molecule has 0 saturated heterocycles. The molecule has 0 radical (unpaired) electrons. The second-order valence-corrected chi connectivity index (χ2v) is 44.3. The van der Waals surface area contributed by atoms with Crippen LogP contribution in [0.2, 0.25) is 0 Å². The topological polar surface area (TPSA) is 86.6 Å². The lowest BCUT2D eigenvalue weighted by molar-refractivity contribution is 0.304. The number of rotatable bonds is 51. The number of hydrogen-bond donors (Lipinski definition) is 0. The minimum Gasteiger partial charge on any atom is -0.494 e. The van der Waals surface area contributed by atoms with Crippen LogP contribution in [0.5, 0.6) is 5.75 Å². The number of fused-ring (bicyclic) bond motifs is 9. The molecule has 12 aromatic carbocycles. The highest BCUT2D eigenvalue weighted by molar-refractivity contribution is 9.11. The lowest BCUT2D eigenvalue weighted by Gasteiger charge is -2.34. The molecule has 0 atom stereocenters. The molecular weight excluding hydrogens is 1980 g/mol. The lowest BCUT2D eigenvalue weighted by atomic mass is 9.67. The van der Waals surface area contributed by atoms with Gasteiger partial charge in [-0.3, -0.25) is 0 Å². The maximum atomic E-state index is 6.14. The van der Waals surface area contributed by atoms with E-state index in [1.54, 1.807) is 0 Å². The lowest BCUT2D eigenvalue weighted by Crippen LogP contribution is -2.28. The number of nitrogens with zero attached hydrogens (tertiary/aromatic N) is 6. The summed E-state index contributed by atoms with van der Waals surface area (Å²) in [7, 11) is 0. The summed E-state index contributed by atoms with van der Waals surface area (Å²) in [5.74, 6) is 5.07. The highest BCUT2D eigenvalue weighted by Crippen LogP contribution is 2.60. The van der Waals surface area contributed by atoms with Crippen LogP contribution >= 0.6 is 63.7 Å². The molecule has 0 amide bonds. The molecule has 0 bridgehead atoms. The number of hydrogen-bond acceptors (Lipinski definition) is 7. The van der Waals surface area contributed by atoms with Crippen LogP contribution in [0.3, 0.4) is 0 Å². The zero-order valence-electron chi connectivity index (χ0n) is 85.3. The maximum absolute atomic E-state index is 6.14. The summed E-state index contributed by atoms with van der Waals surface area (Å²) in [5, 5.41) is 0. The van der Waals surface area contributed by atoms with E-state index in [1.807, 2.05) is 0 Å². The van der Waals surface area contributed by atoms with Crippen molar-refractivity contribution in [3.8, 4) is 119 Å². The van der Waals surface area contributed by atoms with Gasteiger partial charge >= 0.3 is 0 Å². The first-order valence-electron chi connectivity index (χ1n) is 54.4. The minimum atomic E-state index is -0.391. The Morgan fingerprint density at radius 2 is 0.482 bits per heavy atom. The molecule has 2 heterocycles. The Morgan fingerprint density at radius 1 is 0.220 bits per heavy atom. The van der Waals surface area contributed by atoms with Crippen LogP contribution in [-0.4, -0.2) is 36.5 Å². The van der Waals surface area contributed by atoms with Crippen LogP contribution in [0.4, 0.5) is 0 Å². The van der Waals surface area contributed by atoms with Crippen molar-refractivity contribution < 1.29 is 4.74 Å². The Balaban J connectivity index is 0.000000321. The van der Waals surface area contributed by atoms with Gasteiger partial charge in [0, 0.05) is 62.1 Å². The number of unbranched alkanes of at least 4 members (excludes halogenated alkanes) is 27. The molecule has 11 heteroatoms. The van der Waals surface area contributed by atoms with Gasteiger partial charge in [0.25, 0.3) is 0 Å². The summed E-state index contributed by atoms with van der Waals surface area (Å²) >= 11 is 15.4. The largest absolute Gasteiger partial charge is 0.494 e. The first kappa shape index (κ1) is 104. The zero-order valence-corrected chi connectivity index (χ0v) is 91.7. The van der Waals surface area contributed by atoms with E-state index in [9.17, 15) is 0 Å². The molecule has 7 nitrogen and oxygen atoms in total. The molecular formula is C130H148Br4N6O. The summed E-state index contributed by atoms with van der Waals surface area (Å²) in [6.07, 6.45) is 49.6. The standard InChI is InChI=1S/C96H114Br2N6.C34H34Br2O/c1-7-13-19-23-27-31-61-95(62-32-28-24-20-14-8-2)85-65-77(53-57-81(85)83-59-55-79(97)67-87(83)95)93-101-89(73-41-37-69(38-42-73)35-17-11-5)99-91(103-93)75-49-45-71(46-50-75)72-47-51-76(52-48-72)92-100-90(74-43-39-70(40-44-74)36-18-12-6)102-94(104-92)78-54-58-82-84-60-56-80(98)68-88(84)96(86(82)66-78,63-33-29-25-21-15-9-3)64-34-30-26-22-16-10-4;1-3-4-5-6-7-8-21-37-29-17-13-26(14-18-29)34(25-11-9-24(2)10-12-25)32-19-15-27(35)22-30(32)31-23-28(36)16-20-33(31)34/h37-60,65-68H,7-36,61-64H2,1-6H3;9-20,22-23H,3-8,21H2,1-2H3. The van der Waals surface area contributed by atoms with Crippen LogP contribution in [0, 0.1) is 6.92 Å². The third-order valence-corrected chi connectivity index (χ3v) is 32.5. The molecule has 2 aromatic heterocycles. The molecule has 0 N–H and O–H groups in total. The van der Waals surface area contributed by atoms with Crippen LogP contribution in [0.25, 0.3) is 113 Å². The van der Waals surface area contributed by atoms with Gasteiger partial charge in [-0.2, -0.15) is 0 Å². The molecule has 0 spiro atoms. The maximum Gasteiger partial charge on any atom is 0.164 e. The highest BCUT2D eigenvalue weighted by Gasteiger charge is 2.48. The minimum absolute atomic E-state index is 0.0963. The number of aromatic nitrogens is 6. The van der Waals surface area contributed by atoms with Gasteiger partial charge in [-0.1, -0.05) is 499 Å². The van der Waals surface area contributed by atoms with Gasteiger partial charge in [0.1, 0.15) is 5.75 Å². The van der Waals surface area contributed by atoms with Crippen LogP contribution < -0.4 is 4.74 Å². The van der Waals surface area contributed by atoms with Gasteiger partial charge in [-0.15, -0.1) is 0 Å². The summed E-state index contributed by atoms with van der Waals surface area (Å²) < 4.78 is 10.6. The molecule has 0 saturated carbocycles. The molecule has 3 aliphatic carbocycles. The predicted molar refractivity (Wildman–Crippen MR) is 611 cm³/mol. The normalized spacial score (nSPS) is 13.2. The predicted octanol–water partition coefficient (Wildman–Crippen LogP) is 40.1. The third kappa shape index (κ3) is 25.0. The van der Waals surface area contributed by atoms with Crippen LogP contribution in [0.15, 0.2) is 273 Å². The molecule has 3 aliphatic rings. The summed E-state index contributed by atoms with van der Waals surface area (Å²) in [6.45, 7) is 19.0. The molecule has 14 aromatic rings. The summed E-state index contributed by atoms with van der Waals surface area (Å²) in [5.41, 5.74) is 30.5. The first-order chi connectivity index (χ1) is 69.1.